The highest BCUT2D eigenvalue weighted by Crippen LogP contribution is 2.52. The second-order valence-corrected chi connectivity index (χ2v) is 14.4. The highest BCUT2D eigenvalue weighted by molar-refractivity contribution is 5.97. The number of aromatic nitrogens is 3. The summed E-state index contributed by atoms with van der Waals surface area (Å²) in [6.07, 6.45) is 9.37. The van der Waals surface area contributed by atoms with Gasteiger partial charge in [0.05, 0.1) is 24.5 Å². The van der Waals surface area contributed by atoms with Crippen LogP contribution in [0.5, 0.6) is 17.2 Å². The molecule has 11 nitrogen and oxygen atoms in total. The van der Waals surface area contributed by atoms with E-state index in [1.165, 1.54) is 30.1 Å². The molecule has 1 aromatic carbocycles. The van der Waals surface area contributed by atoms with Crippen LogP contribution in [0, 0.1) is 11.2 Å². The van der Waals surface area contributed by atoms with Crippen LogP contribution in [0.15, 0.2) is 43.0 Å². The van der Waals surface area contributed by atoms with Crippen molar-refractivity contribution in [1.82, 2.24) is 29.7 Å². The van der Waals surface area contributed by atoms with E-state index in [4.69, 9.17) is 19.2 Å². The van der Waals surface area contributed by atoms with Crippen molar-refractivity contribution in [1.29, 1.82) is 0 Å². The van der Waals surface area contributed by atoms with Gasteiger partial charge in [-0.1, -0.05) is 0 Å². The van der Waals surface area contributed by atoms with Crippen molar-refractivity contribution < 1.29 is 23.4 Å². The van der Waals surface area contributed by atoms with Crippen LogP contribution >= 0.6 is 0 Å². The Morgan fingerprint density at radius 2 is 1.98 bits per heavy atom. The quantitative estimate of drug-likeness (QED) is 0.283. The minimum Gasteiger partial charge on any atom is -0.490 e. The lowest BCUT2D eigenvalue weighted by molar-refractivity contribution is -0.0356. The van der Waals surface area contributed by atoms with Gasteiger partial charge in [-0.3, -0.25) is 14.7 Å². The summed E-state index contributed by atoms with van der Waals surface area (Å²) in [6.45, 7) is 13.6. The van der Waals surface area contributed by atoms with E-state index in [9.17, 15) is 9.18 Å². The second kappa shape index (κ2) is 14.2. The Morgan fingerprint density at radius 1 is 1.14 bits per heavy atom. The maximum Gasteiger partial charge on any atom is 0.257 e. The summed E-state index contributed by atoms with van der Waals surface area (Å²) in [5.41, 5.74) is 2.72. The molecule has 1 atom stereocenters. The number of amides is 1. The number of nitrogens with zero attached hydrogens (tertiary/aromatic N) is 7. The van der Waals surface area contributed by atoms with Gasteiger partial charge in [0, 0.05) is 87.7 Å². The Hall–Kier alpha value is -3.87. The van der Waals surface area contributed by atoms with Crippen molar-refractivity contribution in [3.63, 3.8) is 0 Å². The van der Waals surface area contributed by atoms with Gasteiger partial charge in [0.2, 0.25) is 0 Å². The lowest BCUT2D eigenvalue weighted by Gasteiger charge is -2.59. The average molecular weight is 674 g/mol. The highest BCUT2D eigenvalue weighted by Gasteiger charge is 2.54. The van der Waals surface area contributed by atoms with Crippen molar-refractivity contribution >= 4 is 11.7 Å². The molecule has 1 saturated carbocycles. The highest BCUT2D eigenvalue weighted by atomic mass is 19.1. The number of morpholine rings is 1. The maximum atomic E-state index is 14.3. The van der Waals surface area contributed by atoms with Crippen LogP contribution in [0.3, 0.4) is 0 Å². The van der Waals surface area contributed by atoms with Gasteiger partial charge in [-0.25, -0.2) is 14.4 Å². The van der Waals surface area contributed by atoms with Crippen LogP contribution in [0.2, 0.25) is 0 Å². The molecule has 2 saturated heterocycles. The first-order valence-electron chi connectivity index (χ1n) is 17.7. The topological polar surface area (TPSA) is 96.4 Å². The molecule has 3 fully saturated rings. The fourth-order valence-corrected chi connectivity index (χ4v) is 7.87. The Bertz CT molecular complexity index is 1640. The number of hydrogen-bond donors (Lipinski definition) is 0. The van der Waals surface area contributed by atoms with Crippen molar-refractivity contribution in [3.8, 4) is 17.2 Å². The van der Waals surface area contributed by atoms with Crippen LogP contribution < -0.4 is 14.4 Å². The molecule has 5 heterocycles. The largest absolute Gasteiger partial charge is 0.490 e. The number of ether oxygens (including phenoxy) is 3. The molecule has 1 amide bonds. The summed E-state index contributed by atoms with van der Waals surface area (Å²) in [5, 5.41) is 0. The summed E-state index contributed by atoms with van der Waals surface area (Å²) >= 11 is 0. The van der Waals surface area contributed by atoms with E-state index in [2.05, 4.69) is 31.7 Å². The van der Waals surface area contributed by atoms with Gasteiger partial charge < -0.3 is 28.9 Å². The molecule has 1 spiro atoms. The number of rotatable bonds is 11. The van der Waals surface area contributed by atoms with Crippen molar-refractivity contribution in [2.24, 2.45) is 5.41 Å². The van der Waals surface area contributed by atoms with Gasteiger partial charge >= 0.3 is 0 Å². The third kappa shape index (κ3) is 7.22. The molecule has 2 aromatic heterocycles. The maximum absolute atomic E-state index is 14.3. The first-order valence-corrected chi connectivity index (χ1v) is 17.7. The summed E-state index contributed by atoms with van der Waals surface area (Å²) in [5.74, 6) is 1.58. The number of pyridine rings is 1. The number of carbonyl (C=O) groups excluding carboxylic acids is 1. The van der Waals surface area contributed by atoms with Gasteiger partial charge in [0.25, 0.3) is 5.91 Å². The number of fused-ring (bicyclic) bond motifs is 1. The molecular formula is C37H48FN7O4. The van der Waals surface area contributed by atoms with E-state index in [0.717, 1.165) is 89.5 Å². The number of hydrogen-bond acceptors (Lipinski definition) is 10. The third-order valence-corrected chi connectivity index (χ3v) is 10.5. The molecule has 0 radical (unpaired) electrons. The normalized spacial score (nSPS) is 20.9. The zero-order chi connectivity index (χ0) is 34.1. The van der Waals surface area contributed by atoms with Gasteiger partial charge in [-0.05, 0) is 71.3 Å². The Balaban J connectivity index is 0.957. The molecule has 49 heavy (non-hydrogen) atoms. The number of likely N-dealkylation sites (N-methyl/N-ethyl adjacent to an activating group) is 1. The molecule has 12 heteroatoms. The van der Waals surface area contributed by atoms with Gasteiger partial charge in [0.15, 0.2) is 11.6 Å². The molecule has 3 aromatic rings. The number of benzene rings is 1. The predicted molar refractivity (Wildman–Crippen MR) is 184 cm³/mol. The molecule has 262 valence electrons. The molecule has 0 bridgehead atoms. The molecule has 1 aliphatic carbocycles. The number of halogens is 1. The minimum atomic E-state index is -0.492. The van der Waals surface area contributed by atoms with Crippen LogP contribution in [-0.4, -0.2) is 113 Å². The van der Waals surface area contributed by atoms with Crippen molar-refractivity contribution in [3.05, 3.63) is 65.6 Å². The van der Waals surface area contributed by atoms with E-state index < -0.39 is 5.82 Å². The van der Waals surface area contributed by atoms with Crippen molar-refractivity contribution in [2.45, 2.75) is 71.2 Å². The lowest BCUT2D eigenvalue weighted by atomic mass is 9.61. The molecule has 0 unspecified atom stereocenters. The SMILES string of the molecule is CCN(C(=O)c1cc(F)ccc1Oc1cncnc1N1CC2(CC(Oc3ccnc4c3CN(CC[C@H]3CN(C)CCO3)CC4)C2)C1)C(C)C. The van der Waals surface area contributed by atoms with Crippen LogP contribution in [-0.2, 0) is 17.7 Å². The second-order valence-electron chi connectivity index (χ2n) is 14.4. The van der Waals surface area contributed by atoms with E-state index in [0.29, 0.717) is 24.2 Å². The molecular weight excluding hydrogens is 625 g/mol. The molecule has 0 N–H and O–H groups in total. The Labute approximate surface area is 288 Å². The predicted octanol–water partition coefficient (Wildman–Crippen LogP) is 4.80. The van der Waals surface area contributed by atoms with Crippen LogP contribution in [0.4, 0.5) is 10.2 Å². The van der Waals surface area contributed by atoms with Crippen LogP contribution in [0.1, 0.15) is 61.6 Å². The third-order valence-electron chi connectivity index (χ3n) is 10.5. The monoisotopic (exact) mass is 673 g/mol. The zero-order valence-electron chi connectivity index (χ0n) is 29.1. The fourth-order valence-electron chi connectivity index (χ4n) is 7.87. The van der Waals surface area contributed by atoms with E-state index in [-0.39, 0.29) is 34.8 Å². The van der Waals surface area contributed by atoms with Crippen molar-refractivity contribution in [2.75, 3.05) is 64.4 Å². The smallest absolute Gasteiger partial charge is 0.257 e. The minimum absolute atomic E-state index is 0.0373. The average Bonchev–Trinajstić information content (AvgIpc) is 3.05. The fraction of sp³-hybridized carbons (Fsp3) is 0.568. The first kappa shape index (κ1) is 33.6. The number of carbonyl (C=O) groups is 1. The lowest BCUT2D eigenvalue weighted by Crippen LogP contribution is -2.65. The first-order chi connectivity index (χ1) is 23.7. The van der Waals surface area contributed by atoms with Gasteiger partial charge in [0.1, 0.15) is 29.7 Å². The van der Waals surface area contributed by atoms with E-state index in [1.54, 1.807) is 11.1 Å². The Morgan fingerprint density at radius 3 is 2.76 bits per heavy atom. The Kier molecular flexibility index (Phi) is 9.72. The molecule has 4 aliphatic rings. The molecule has 3 aliphatic heterocycles. The zero-order valence-corrected chi connectivity index (χ0v) is 29.1. The summed E-state index contributed by atoms with van der Waals surface area (Å²) in [6, 6.07) is 6.03. The van der Waals surface area contributed by atoms with E-state index >= 15 is 0 Å². The van der Waals surface area contributed by atoms with Gasteiger partial charge in [-0.2, -0.15) is 0 Å². The van der Waals surface area contributed by atoms with Crippen LogP contribution in [0.25, 0.3) is 0 Å². The summed E-state index contributed by atoms with van der Waals surface area (Å²) in [4.78, 5) is 35.5. The standard InChI is InChI=1S/C37H48FN7O4/c1-5-45(25(2)3)36(46)29-16-26(38)6-7-32(29)49-34-19-39-24-41-35(34)44-22-37(23-44)17-28(18-37)48-33-8-11-40-31-10-13-43(21-30(31)33)12-9-27-20-42(4)14-15-47-27/h6-8,11,16,19,24-25,27-28H,5,9-10,12-15,17-18,20-23H2,1-4H3/t27-/m0/s1. The van der Waals surface area contributed by atoms with E-state index in [1.807, 2.05) is 33.0 Å². The summed E-state index contributed by atoms with van der Waals surface area (Å²) in [7, 11) is 2.17. The number of anilines is 1. The molecule has 7 rings (SSSR count). The van der Waals surface area contributed by atoms with Gasteiger partial charge in [-0.15, -0.1) is 0 Å². The summed E-state index contributed by atoms with van der Waals surface area (Å²) < 4.78 is 33.2.